The Morgan fingerprint density at radius 2 is 1.62 bits per heavy atom. The normalized spacial score (nSPS) is 23.9. The molecule has 2 heterocycles. The van der Waals surface area contributed by atoms with Crippen LogP contribution in [0, 0.1) is 11.8 Å². The number of primary sulfonamides is 1. The molecular weight excluding hydrogens is 334 g/mol. The lowest BCUT2D eigenvalue weighted by Gasteiger charge is -2.32. The number of likely N-dealkylation sites (tertiary alicyclic amines) is 2. The molecule has 0 aromatic heterocycles. The lowest BCUT2D eigenvalue weighted by Crippen LogP contribution is -2.42. The number of piperidine rings is 1. The number of fused-ring (bicyclic) bond motifs is 1. The number of rotatable bonds is 2. The first-order valence-corrected chi connectivity index (χ1v) is 9.20. The summed E-state index contributed by atoms with van der Waals surface area (Å²) < 4.78 is 22.5. The Morgan fingerprint density at radius 3 is 2.21 bits per heavy atom. The predicted octanol–water partition coefficient (Wildman–Crippen LogP) is 0.406. The van der Waals surface area contributed by atoms with E-state index in [2.05, 4.69) is 0 Å². The molecule has 9 heteroatoms. The number of hydrogen-bond donors (Lipinski definition) is 2. The Morgan fingerprint density at radius 1 is 1.04 bits per heavy atom. The lowest BCUT2D eigenvalue weighted by molar-refractivity contribution is 0.0784. The van der Waals surface area contributed by atoms with Gasteiger partial charge >= 0.3 is 6.09 Å². The van der Waals surface area contributed by atoms with Crippen LogP contribution in [0.4, 0.5) is 4.79 Å². The highest BCUT2D eigenvalue weighted by atomic mass is 32.2. The van der Waals surface area contributed by atoms with E-state index in [0.717, 1.165) is 6.42 Å². The summed E-state index contributed by atoms with van der Waals surface area (Å²) in [6.07, 6.45) is -0.165. The minimum absolute atomic E-state index is 0.0359. The van der Waals surface area contributed by atoms with E-state index in [4.69, 9.17) is 10.2 Å². The minimum atomic E-state index is -3.78. The third-order valence-corrected chi connectivity index (χ3v) is 5.72. The van der Waals surface area contributed by atoms with Gasteiger partial charge in [-0.2, -0.15) is 0 Å². The molecule has 0 radical (unpaired) electrons. The molecule has 2 aliphatic heterocycles. The molecule has 24 heavy (non-hydrogen) atoms. The molecule has 130 valence electrons. The average Bonchev–Trinajstić information content (AvgIpc) is 2.96. The van der Waals surface area contributed by atoms with Gasteiger partial charge in [0.1, 0.15) is 0 Å². The van der Waals surface area contributed by atoms with Crippen molar-refractivity contribution in [3.63, 3.8) is 0 Å². The molecule has 0 bridgehead atoms. The molecule has 2 saturated heterocycles. The molecule has 2 aliphatic rings. The number of carboxylic acid groups (broad SMARTS) is 1. The van der Waals surface area contributed by atoms with Gasteiger partial charge in [-0.1, -0.05) is 0 Å². The fourth-order valence-electron chi connectivity index (χ4n) is 3.48. The Labute approximate surface area is 139 Å². The van der Waals surface area contributed by atoms with Crippen LogP contribution >= 0.6 is 0 Å². The first-order chi connectivity index (χ1) is 11.3. The van der Waals surface area contributed by atoms with E-state index in [0.29, 0.717) is 37.7 Å². The molecular formula is C15H19N3O5S. The highest BCUT2D eigenvalue weighted by Gasteiger charge is 2.40. The maximum atomic E-state index is 12.6. The van der Waals surface area contributed by atoms with Crippen LogP contribution in [0.2, 0.25) is 0 Å². The summed E-state index contributed by atoms with van der Waals surface area (Å²) in [5.41, 5.74) is 0.399. The number of nitrogens with zero attached hydrogens (tertiary/aromatic N) is 2. The van der Waals surface area contributed by atoms with Crippen molar-refractivity contribution in [2.24, 2.45) is 17.0 Å². The molecule has 3 rings (SSSR count). The summed E-state index contributed by atoms with van der Waals surface area (Å²) in [7, 11) is -3.78. The predicted molar refractivity (Wildman–Crippen MR) is 84.9 cm³/mol. The van der Waals surface area contributed by atoms with Crippen LogP contribution in [-0.2, 0) is 10.0 Å². The van der Waals surface area contributed by atoms with E-state index < -0.39 is 16.1 Å². The van der Waals surface area contributed by atoms with Crippen molar-refractivity contribution in [3.05, 3.63) is 29.8 Å². The topological polar surface area (TPSA) is 121 Å². The molecule has 0 saturated carbocycles. The smallest absolute Gasteiger partial charge is 0.407 e. The molecule has 2 fully saturated rings. The molecule has 3 N–H and O–H groups in total. The van der Waals surface area contributed by atoms with Crippen molar-refractivity contribution >= 4 is 22.0 Å². The summed E-state index contributed by atoms with van der Waals surface area (Å²) in [6.45, 7) is 2.08. The first-order valence-electron chi connectivity index (χ1n) is 7.65. The molecule has 1 aromatic rings. The standard InChI is InChI=1S/C15H19N3O5S/c16-24(22,23)13-3-1-10(2-4-13)14(19)18-7-11-5-6-17(15(20)21)8-12(11)9-18/h1-4,11-12H,5-9H2,(H,20,21)(H2,16,22,23). The van der Waals surface area contributed by atoms with Crippen molar-refractivity contribution in [2.75, 3.05) is 26.2 Å². The number of sulfonamides is 1. The van der Waals surface area contributed by atoms with Crippen molar-refractivity contribution in [1.82, 2.24) is 9.80 Å². The van der Waals surface area contributed by atoms with Gasteiger partial charge in [-0.3, -0.25) is 4.79 Å². The van der Waals surface area contributed by atoms with E-state index in [1.165, 1.54) is 29.2 Å². The van der Waals surface area contributed by atoms with Gasteiger partial charge < -0.3 is 14.9 Å². The summed E-state index contributed by atoms with van der Waals surface area (Å²) in [5.74, 6) is 0.294. The van der Waals surface area contributed by atoms with Gasteiger partial charge in [0.05, 0.1) is 4.90 Å². The summed E-state index contributed by atoms with van der Waals surface area (Å²) in [4.78, 5) is 26.7. The van der Waals surface area contributed by atoms with E-state index in [-0.39, 0.29) is 16.7 Å². The molecule has 2 unspecified atom stereocenters. The Balaban J connectivity index is 1.70. The second-order valence-electron chi connectivity index (χ2n) is 6.32. The fourth-order valence-corrected chi connectivity index (χ4v) is 3.99. The zero-order valence-corrected chi connectivity index (χ0v) is 13.8. The van der Waals surface area contributed by atoms with E-state index in [1.807, 2.05) is 0 Å². The molecule has 8 nitrogen and oxygen atoms in total. The highest BCUT2D eigenvalue weighted by molar-refractivity contribution is 7.89. The van der Waals surface area contributed by atoms with Crippen LogP contribution in [0.15, 0.2) is 29.2 Å². The number of amides is 2. The quantitative estimate of drug-likeness (QED) is 0.797. The van der Waals surface area contributed by atoms with Crippen molar-refractivity contribution in [3.8, 4) is 0 Å². The van der Waals surface area contributed by atoms with E-state index >= 15 is 0 Å². The van der Waals surface area contributed by atoms with E-state index in [9.17, 15) is 18.0 Å². The molecule has 0 aliphatic carbocycles. The SMILES string of the molecule is NS(=O)(=O)c1ccc(C(=O)N2CC3CCN(C(=O)O)CC3C2)cc1. The number of benzene rings is 1. The average molecular weight is 353 g/mol. The van der Waals surface area contributed by atoms with Gasteiger partial charge in [0.25, 0.3) is 5.91 Å². The maximum absolute atomic E-state index is 12.6. The van der Waals surface area contributed by atoms with Gasteiger partial charge in [0.2, 0.25) is 10.0 Å². The number of carbonyl (C=O) groups is 2. The summed E-state index contributed by atoms with van der Waals surface area (Å²) in [6, 6.07) is 5.54. The van der Waals surface area contributed by atoms with Crippen molar-refractivity contribution < 1.29 is 23.1 Å². The Hall–Kier alpha value is -2.13. The van der Waals surface area contributed by atoms with Crippen molar-refractivity contribution in [2.45, 2.75) is 11.3 Å². The van der Waals surface area contributed by atoms with Gasteiger partial charge in [0, 0.05) is 31.7 Å². The van der Waals surface area contributed by atoms with Crippen LogP contribution in [0.25, 0.3) is 0 Å². The fraction of sp³-hybridized carbons (Fsp3) is 0.467. The second kappa shape index (κ2) is 6.06. The number of carbonyl (C=O) groups excluding carboxylic acids is 1. The monoisotopic (exact) mass is 353 g/mol. The van der Waals surface area contributed by atoms with Crippen LogP contribution in [0.1, 0.15) is 16.8 Å². The second-order valence-corrected chi connectivity index (χ2v) is 7.88. The van der Waals surface area contributed by atoms with Gasteiger partial charge in [-0.15, -0.1) is 0 Å². The van der Waals surface area contributed by atoms with Crippen LogP contribution in [0.5, 0.6) is 0 Å². The third-order valence-electron chi connectivity index (χ3n) is 4.79. The summed E-state index contributed by atoms with van der Waals surface area (Å²) in [5, 5.41) is 14.1. The zero-order chi connectivity index (χ0) is 17.5. The molecule has 0 spiro atoms. The van der Waals surface area contributed by atoms with Gasteiger partial charge in [0.15, 0.2) is 0 Å². The van der Waals surface area contributed by atoms with Crippen LogP contribution in [-0.4, -0.2) is 61.5 Å². The summed E-state index contributed by atoms with van der Waals surface area (Å²) >= 11 is 0. The first kappa shape index (κ1) is 16.7. The van der Waals surface area contributed by atoms with Gasteiger partial charge in [-0.25, -0.2) is 18.4 Å². The highest BCUT2D eigenvalue weighted by Crippen LogP contribution is 2.32. The molecule has 2 amide bonds. The largest absolute Gasteiger partial charge is 0.465 e. The van der Waals surface area contributed by atoms with E-state index in [1.54, 1.807) is 4.90 Å². The van der Waals surface area contributed by atoms with Gasteiger partial charge in [-0.05, 0) is 42.5 Å². The third kappa shape index (κ3) is 3.22. The van der Waals surface area contributed by atoms with Crippen LogP contribution < -0.4 is 5.14 Å². The molecule has 2 atom stereocenters. The Bertz CT molecular complexity index is 762. The molecule has 1 aromatic carbocycles. The van der Waals surface area contributed by atoms with Crippen LogP contribution in [0.3, 0.4) is 0 Å². The lowest BCUT2D eigenvalue weighted by atomic mass is 9.89. The zero-order valence-electron chi connectivity index (χ0n) is 13.0. The Kier molecular flexibility index (Phi) is 4.22. The maximum Gasteiger partial charge on any atom is 0.407 e. The number of hydrogen-bond acceptors (Lipinski definition) is 4. The van der Waals surface area contributed by atoms with Crippen molar-refractivity contribution in [1.29, 1.82) is 0 Å². The minimum Gasteiger partial charge on any atom is -0.465 e. The number of nitrogens with two attached hydrogens (primary N) is 1.